The Balaban J connectivity index is 1.93. The molecular formula is C16H28N4. The molecule has 1 aliphatic heterocycles. The van der Waals surface area contributed by atoms with E-state index < -0.39 is 0 Å². The van der Waals surface area contributed by atoms with Gasteiger partial charge in [0, 0.05) is 37.1 Å². The summed E-state index contributed by atoms with van der Waals surface area (Å²) in [6.45, 7) is 12.0. The lowest BCUT2D eigenvalue weighted by Gasteiger charge is -2.36. The molecule has 1 fully saturated rings. The van der Waals surface area contributed by atoms with Crippen molar-refractivity contribution in [3.8, 4) is 0 Å². The highest BCUT2D eigenvalue weighted by Crippen LogP contribution is 2.24. The van der Waals surface area contributed by atoms with Crippen LogP contribution in [0, 0.1) is 11.8 Å². The summed E-state index contributed by atoms with van der Waals surface area (Å²) in [5.74, 6) is 2.30. The van der Waals surface area contributed by atoms with Crippen LogP contribution in [0.4, 0.5) is 5.95 Å². The van der Waals surface area contributed by atoms with Crippen LogP contribution in [-0.4, -0.2) is 29.1 Å². The summed E-state index contributed by atoms with van der Waals surface area (Å²) in [6, 6.07) is 0.552. The van der Waals surface area contributed by atoms with Crippen molar-refractivity contribution in [2.24, 2.45) is 11.8 Å². The first-order chi connectivity index (χ1) is 9.56. The van der Waals surface area contributed by atoms with E-state index in [1.807, 2.05) is 12.4 Å². The van der Waals surface area contributed by atoms with Gasteiger partial charge in [-0.25, -0.2) is 9.97 Å². The topological polar surface area (TPSA) is 41.1 Å². The molecule has 0 saturated carbocycles. The van der Waals surface area contributed by atoms with Gasteiger partial charge in [0.1, 0.15) is 0 Å². The lowest BCUT2D eigenvalue weighted by Crippen LogP contribution is -2.42. The van der Waals surface area contributed by atoms with Gasteiger partial charge in [0.15, 0.2) is 0 Å². The molecule has 0 aliphatic carbocycles. The molecule has 0 amide bonds. The fourth-order valence-corrected chi connectivity index (χ4v) is 2.66. The van der Waals surface area contributed by atoms with Crippen molar-refractivity contribution >= 4 is 5.95 Å². The van der Waals surface area contributed by atoms with E-state index in [4.69, 9.17) is 0 Å². The van der Waals surface area contributed by atoms with Gasteiger partial charge in [-0.1, -0.05) is 20.8 Å². The molecule has 112 valence electrons. The quantitative estimate of drug-likeness (QED) is 0.898. The minimum absolute atomic E-state index is 0.552. The van der Waals surface area contributed by atoms with Crippen molar-refractivity contribution in [3.05, 3.63) is 18.0 Å². The number of piperidine rings is 1. The molecule has 1 aliphatic rings. The number of hydrogen-bond acceptors (Lipinski definition) is 4. The van der Waals surface area contributed by atoms with Crippen molar-refractivity contribution in [1.82, 2.24) is 15.3 Å². The van der Waals surface area contributed by atoms with Crippen LogP contribution < -0.4 is 10.2 Å². The first-order valence-corrected chi connectivity index (χ1v) is 7.84. The molecule has 4 heteroatoms. The van der Waals surface area contributed by atoms with Gasteiger partial charge in [0.2, 0.25) is 5.95 Å². The summed E-state index contributed by atoms with van der Waals surface area (Å²) in [7, 11) is 0. The number of anilines is 1. The molecule has 0 spiro atoms. The number of aromatic nitrogens is 2. The number of nitrogens with one attached hydrogen (secondary N) is 1. The molecule has 4 nitrogen and oxygen atoms in total. The molecule has 1 aromatic rings. The molecule has 0 bridgehead atoms. The minimum atomic E-state index is 0.552. The third-order valence-corrected chi connectivity index (χ3v) is 3.95. The minimum Gasteiger partial charge on any atom is -0.338 e. The zero-order valence-corrected chi connectivity index (χ0v) is 13.3. The number of hydrogen-bond donors (Lipinski definition) is 1. The summed E-state index contributed by atoms with van der Waals surface area (Å²) >= 11 is 0. The largest absolute Gasteiger partial charge is 0.338 e. The monoisotopic (exact) mass is 276 g/mol. The Morgan fingerprint density at radius 3 is 2.60 bits per heavy atom. The van der Waals surface area contributed by atoms with Gasteiger partial charge in [-0.3, -0.25) is 0 Å². The van der Waals surface area contributed by atoms with E-state index in [0.717, 1.165) is 37.1 Å². The summed E-state index contributed by atoms with van der Waals surface area (Å²) in [4.78, 5) is 11.5. The van der Waals surface area contributed by atoms with Crippen LogP contribution in [0.3, 0.4) is 0 Å². The van der Waals surface area contributed by atoms with Crippen LogP contribution in [0.25, 0.3) is 0 Å². The highest BCUT2D eigenvalue weighted by Gasteiger charge is 2.24. The molecule has 0 radical (unpaired) electrons. The van der Waals surface area contributed by atoms with Crippen molar-refractivity contribution in [2.45, 2.75) is 53.1 Å². The Morgan fingerprint density at radius 2 is 1.95 bits per heavy atom. The Kier molecular flexibility index (Phi) is 5.35. The molecule has 2 heterocycles. The van der Waals surface area contributed by atoms with Crippen LogP contribution in [0.1, 0.15) is 46.1 Å². The highest BCUT2D eigenvalue weighted by molar-refractivity contribution is 5.32. The average molecular weight is 276 g/mol. The first-order valence-electron chi connectivity index (χ1n) is 7.84. The van der Waals surface area contributed by atoms with E-state index in [1.54, 1.807) is 0 Å². The van der Waals surface area contributed by atoms with Crippen molar-refractivity contribution < 1.29 is 0 Å². The molecule has 2 atom stereocenters. The molecule has 1 N–H and O–H groups in total. The fourth-order valence-electron chi connectivity index (χ4n) is 2.66. The Hall–Kier alpha value is -1.16. The highest BCUT2D eigenvalue weighted by atomic mass is 15.3. The Labute approximate surface area is 123 Å². The summed E-state index contributed by atoms with van der Waals surface area (Å²) in [6.07, 6.45) is 6.47. The van der Waals surface area contributed by atoms with Gasteiger partial charge in [0.05, 0.1) is 0 Å². The van der Waals surface area contributed by atoms with Gasteiger partial charge < -0.3 is 10.2 Å². The van der Waals surface area contributed by atoms with Crippen molar-refractivity contribution in [2.75, 3.05) is 18.0 Å². The van der Waals surface area contributed by atoms with Gasteiger partial charge in [0.25, 0.3) is 0 Å². The number of nitrogens with zero attached hydrogens (tertiary/aromatic N) is 3. The summed E-state index contributed by atoms with van der Waals surface area (Å²) < 4.78 is 0. The summed E-state index contributed by atoms with van der Waals surface area (Å²) in [5.41, 5.74) is 1.16. The standard InChI is InChI=1S/C16H28N4/c1-12(2)7-17-8-15-9-18-16(19-10-15)20-11-13(3)5-6-14(20)4/h9-10,12-14,17H,5-8,11H2,1-4H3. The first kappa shape index (κ1) is 15.2. The Bertz CT molecular complexity index is 401. The zero-order chi connectivity index (χ0) is 14.5. The van der Waals surface area contributed by atoms with Gasteiger partial charge in [-0.15, -0.1) is 0 Å². The van der Waals surface area contributed by atoms with Gasteiger partial charge in [-0.05, 0) is 38.1 Å². The maximum Gasteiger partial charge on any atom is 0.225 e. The SMILES string of the molecule is CC(C)CNCc1cnc(N2CC(C)CCC2C)nc1. The third-order valence-electron chi connectivity index (χ3n) is 3.95. The third kappa shape index (κ3) is 4.17. The maximum atomic E-state index is 4.56. The normalized spacial score (nSPS) is 23.4. The van der Waals surface area contributed by atoms with E-state index in [2.05, 4.69) is 47.9 Å². The molecule has 20 heavy (non-hydrogen) atoms. The zero-order valence-electron chi connectivity index (χ0n) is 13.3. The second-order valence-electron chi connectivity index (χ2n) is 6.60. The van der Waals surface area contributed by atoms with Crippen molar-refractivity contribution in [1.29, 1.82) is 0 Å². The second-order valence-corrected chi connectivity index (χ2v) is 6.60. The van der Waals surface area contributed by atoms with Crippen LogP contribution in [-0.2, 0) is 6.54 Å². The Morgan fingerprint density at radius 1 is 1.25 bits per heavy atom. The van der Waals surface area contributed by atoms with E-state index in [0.29, 0.717) is 12.0 Å². The maximum absolute atomic E-state index is 4.56. The molecule has 1 saturated heterocycles. The van der Waals surface area contributed by atoms with Gasteiger partial charge in [-0.2, -0.15) is 0 Å². The van der Waals surface area contributed by atoms with E-state index >= 15 is 0 Å². The van der Waals surface area contributed by atoms with E-state index in [-0.39, 0.29) is 0 Å². The van der Waals surface area contributed by atoms with Crippen molar-refractivity contribution in [3.63, 3.8) is 0 Å². The summed E-state index contributed by atoms with van der Waals surface area (Å²) in [5, 5.41) is 3.42. The van der Waals surface area contributed by atoms with Crippen LogP contribution in [0.2, 0.25) is 0 Å². The average Bonchev–Trinajstić information content (AvgIpc) is 2.42. The molecule has 2 unspecified atom stereocenters. The lowest BCUT2D eigenvalue weighted by atomic mass is 9.95. The number of rotatable bonds is 5. The predicted octanol–water partition coefficient (Wildman–Crippen LogP) is 2.85. The van der Waals surface area contributed by atoms with Gasteiger partial charge >= 0.3 is 0 Å². The van der Waals surface area contributed by atoms with Crippen LogP contribution in [0.15, 0.2) is 12.4 Å². The lowest BCUT2D eigenvalue weighted by molar-refractivity contribution is 0.385. The van der Waals surface area contributed by atoms with E-state index in [1.165, 1.54) is 12.8 Å². The predicted molar refractivity (Wildman–Crippen MR) is 83.8 cm³/mol. The van der Waals surface area contributed by atoms with E-state index in [9.17, 15) is 0 Å². The fraction of sp³-hybridized carbons (Fsp3) is 0.750. The van der Waals surface area contributed by atoms with Crippen LogP contribution in [0.5, 0.6) is 0 Å². The molecule has 0 aromatic carbocycles. The molecule has 1 aromatic heterocycles. The second kappa shape index (κ2) is 7.02. The smallest absolute Gasteiger partial charge is 0.225 e. The molecular weight excluding hydrogens is 248 g/mol. The molecule has 2 rings (SSSR count). The van der Waals surface area contributed by atoms with Crippen LogP contribution >= 0.6 is 0 Å².